The van der Waals surface area contributed by atoms with Gasteiger partial charge in [-0.25, -0.2) is 0 Å². The van der Waals surface area contributed by atoms with Crippen molar-refractivity contribution in [2.45, 2.75) is 76.0 Å². The van der Waals surface area contributed by atoms with Gasteiger partial charge in [-0.3, -0.25) is 0 Å². The second-order valence-electron chi connectivity index (χ2n) is 7.44. The van der Waals surface area contributed by atoms with Crippen LogP contribution in [0.5, 0.6) is 0 Å². The van der Waals surface area contributed by atoms with E-state index >= 15 is 0 Å². The Bertz CT molecular complexity index is 478. The number of allylic oxidation sites excluding steroid dienone is 4. The summed E-state index contributed by atoms with van der Waals surface area (Å²) in [5, 5.41) is 0. The van der Waals surface area contributed by atoms with Crippen LogP contribution < -0.4 is 0 Å². The summed E-state index contributed by atoms with van der Waals surface area (Å²) in [6.07, 6.45) is 7.69. The van der Waals surface area contributed by atoms with Crippen LogP contribution in [-0.2, 0) is 16.5 Å². The summed E-state index contributed by atoms with van der Waals surface area (Å²) in [6.45, 7) is 24.7. The molecule has 0 aliphatic carbocycles. The third-order valence-corrected chi connectivity index (χ3v) is 25.3. The SMILES string of the molecule is C=CC[Si]1(CC=C)O[Si](CC)(CC)O[Si](CC)(CC)O[Si](CC=C)(CC=C)O1. The van der Waals surface area contributed by atoms with Crippen molar-refractivity contribution in [2.24, 2.45) is 0 Å². The van der Waals surface area contributed by atoms with Gasteiger partial charge in [0.2, 0.25) is 0 Å². The molecular weight excluding hydrogens is 417 g/mol. The van der Waals surface area contributed by atoms with Gasteiger partial charge in [-0.1, -0.05) is 52.0 Å². The molecule has 1 aliphatic heterocycles. The topological polar surface area (TPSA) is 36.9 Å². The van der Waals surface area contributed by atoms with E-state index in [2.05, 4.69) is 54.0 Å². The van der Waals surface area contributed by atoms with Crippen LogP contribution in [0.15, 0.2) is 50.6 Å². The standard InChI is InChI=1S/C20H40O4Si4/c1-9-17-27(18-10-2)22-25(13-5,14-6)21-26(15-7,16-8)23-28(24-27,19-11-3)20-12-4/h9-12H,1-4,13-20H2,5-8H3. The van der Waals surface area contributed by atoms with Crippen molar-refractivity contribution >= 4 is 34.2 Å². The molecule has 8 heteroatoms. The first-order chi connectivity index (χ1) is 13.3. The molecule has 0 N–H and O–H groups in total. The first-order valence-electron chi connectivity index (χ1n) is 10.6. The Balaban J connectivity index is 3.66. The predicted octanol–water partition coefficient (Wildman–Crippen LogP) is 6.66. The van der Waals surface area contributed by atoms with Crippen LogP contribution in [0.2, 0.25) is 48.4 Å². The van der Waals surface area contributed by atoms with E-state index < -0.39 is 34.2 Å². The summed E-state index contributed by atoms with van der Waals surface area (Å²) < 4.78 is 28.3. The molecule has 0 bridgehead atoms. The van der Waals surface area contributed by atoms with Crippen molar-refractivity contribution in [3.63, 3.8) is 0 Å². The number of hydrogen-bond donors (Lipinski definition) is 0. The van der Waals surface area contributed by atoms with Crippen LogP contribution in [-0.4, -0.2) is 34.2 Å². The van der Waals surface area contributed by atoms with E-state index in [1.54, 1.807) is 0 Å². The van der Waals surface area contributed by atoms with Crippen LogP contribution in [0, 0.1) is 0 Å². The van der Waals surface area contributed by atoms with E-state index in [0.29, 0.717) is 24.2 Å². The molecule has 0 aromatic rings. The summed E-state index contributed by atoms with van der Waals surface area (Å²) in [5.41, 5.74) is 0. The van der Waals surface area contributed by atoms with Gasteiger partial charge >= 0.3 is 34.2 Å². The molecule has 28 heavy (non-hydrogen) atoms. The molecule has 0 saturated carbocycles. The zero-order valence-corrected chi connectivity index (χ0v) is 22.4. The second-order valence-corrected chi connectivity index (χ2v) is 22.4. The van der Waals surface area contributed by atoms with Gasteiger partial charge in [0.25, 0.3) is 0 Å². The van der Waals surface area contributed by atoms with Crippen molar-refractivity contribution in [2.75, 3.05) is 0 Å². The number of hydrogen-bond acceptors (Lipinski definition) is 4. The Kier molecular flexibility index (Phi) is 10.2. The molecular formula is C20H40O4Si4. The third kappa shape index (κ3) is 5.85. The summed E-state index contributed by atoms with van der Waals surface area (Å²) in [7, 11) is -10.3. The molecule has 0 amide bonds. The maximum atomic E-state index is 7.08. The van der Waals surface area contributed by atoms with E-state index in [0.717, 1.165) is 24.2 Å². The largest absolute Gasteiger partial charge is 0.415 e. The zero-order valence-electron chi connectivity index (χ0n) is 18.4. The van der Waals surface area contributed by atoms with Gasteiger partial charge in [0.05, 0.1) is 0 Å². The fraction of sp³-hybridized carbons (Fsp3) is 0.600. The van der Waals surface area contributed by atoms with Gasteiger partial charge in [-0.15, -0.1) is 26.3 Å². The molecule has 4 nitrogen and oxygen atoms in total. The second kappa shape index (κ2) is 11.2. The Labute approximate surface area is 177 Å². The Morgan fingerprint density at radius 1 is 0.464 bits per heavy atom. The van der Waals surface area contributed by atoms with Crippen LogP contribution in [0.1, 0.15) is 27.7 Å². The molecule has 160 valence electrons. The van der Waals surface area contributed by atoms with Crippen molar-refractivity contribution in [1.29, 1.82) is 0 Å². The molecule has 0 unspecified atom stereocenters. The first-order valence-corrected chi connectivity index (χ1v) is 19.5. The van der Waals surface area contributed by atoms with Crippen molar-refractivity contribution in [3.8, 4) is 0 Å². The molecule has 0 atom stereocenters. The highest BCUT2D eigenvalue weighted by Crippen LogP contribution is 2.42. The monoisotopic (exact) mass is 456 g/mol. The highest BCUT2D eigenvalue weighted by Gasteiger charge is 2.59. The van der Waals surface area contributed by atoms with Crippen molar-refractivity contribution in [3.05, 3.63) is 50.6 Å². The minimum atomic E-state index is -2.68. The lowest BCUT2D eigenvalue weighted by Crippen LogP contribution is -2.69. The minimum Gasteiger partial charge on any atom is -0.415 e. The van der Waals surface area contributed by atoms with Crippen LogP contribution in [0.25, 0.3) is 0 Å². The maximum Gasteiger partial charge on any atom is 0.328 e. The van der Waals surface area contributed by atoms with E-state index in [4.69, 9.17) is 16.5 Å². The quantitative estimate of drug-likeness (QED) is 0.243. The maximum absolute atomic E-state index is 7.08. The summed E-state index contributed by atoms with van der Waals surface area (Å²) in [6, 6.07) is 6.40. The molecule has 1 fully saturated rings. The van der Waals surface area contributed by atoms with Gasteiger partial charge in [0, 0.05) is 24.2 Å². The zero-order chi connectivity index (χ0) is 21.3. The molecule has 0 aromatic heterocycles. The molecule has 0 radical (unpaired) electrons. The summed E-state index contributed by atoms with van der Waals surface area (Å²) in [5.74, 6) is 0. The van der Waals surface area contributed by atoms with E-state index in [1.165, 1.54) is 0 Å². The third-order valence-electron chi connectivity index (χ3n) is 5.46. The molecule has 1 aliphatic rings. The van der Waals surface area contributed by atoms with Crippen LogP contribution >= 0.6 is 0 Å². The summed E-state index contributed by atoms with van der Waals surface area (Å²) in [4.78, 5) is 0. The van der Waals surface area contributed by atoms with E-state index in [9.17, 15) is 0 Å². The predicted molar refractivity (Wildman–Crippen MR) is 129 cm³/mol. The minimum absolute atomic E-state index is 0.705. The van der Waals surface area contributed by atoms with Crippen LogP contribution in [0.3, 0.4) is 0 Å². The van der Waals surface area contributed by atoms with Crippen molar-refractivity contribution < 1.29 is 16.5 Å². The molecule has 0 aromatic carbocycles. The van der Waals surface area contributed by atoms with E-state index in [1.807, 2.05) is 24.3 Å². The Hall–Kier alpha value is -0.332. The normalized spacial score (nSPS) is 22.4. The average Bonchev–Trinajstić information content (AvgIpc) is 2.66. The fourth-order valence-electron chi connectivity index (χ4n) is 3.90. The highest BCUT2D eigenvalue weighted by atomic mass is 28.5. The molecule has 1 heterocycles. The van der Waals surface area contributed by atoms with Gasteiger partial charge in [0.15, 0.2) is 0 Å². The number of rotatable bonds is 12. The lowest BCUT2D eigenvalue weighted by molar-refractivity contribution is 0.216. The molecule has 0 spiro atoms. The molecule has 1 rings (SSSR count). The van der Waals surface area contributed by atoms with Gasteiger partial charge in [-0.2, -0.15) is 0 Å². The average molecular weight is 457 g/mol. The lowest BCUT2D eigenvalue weighted by atomic mass is 10.7. The fourth-order valence-corrected chi connectivity index (χ4v) is 27.3. The van der Waals surface area contributed by atoms with Gasteiger partial charge < -0.3 is 16.5 Å². The Morgan fingerprint density at radius 3 is 0.893 bits per heavy atom. The van der Waals surface area contributed by atoms with Crippen molar-refractivity contribution in [1.82, 2.24) is 0 Å². The molecule has 1 saturated heterocycles. The smallest absolute Gasteiger partial charge is 0.328 e. The van der Waals surface area contributed by atoms with Crippen LogP contribution in [0.4, 0.5) is 0 Å². The highest BCUT2D eigenvalue weighted by molar-refractivity contribution is 6.95. The summed E-state index contributed by atoms with van der Waals surface area (Å²) >= 11 is 0. The van der Waals surface area contributed by atoms with Gasteiger partial charge in [-0.05, 0) is 24.2 Å². The lowest BCUT2D eigenvalue weighted by Gasteiger charge is -2.52. The Morgan fingerprint density at radius 2 is 0.679 bits per heavy atom. The van der Waals surface area contributed by atoms with Gasteiger partial charge in [0.1, 0.15) is 0 Å². The first kappa shape index (κ1) is 25.7. The van der Waals surface area contributed by atoms with E-state index in [-0.39, 0.29) is 0 Å².